The van der Waals surface area contributed by atoms with Crippen molar-refractivity contribution in [3.8, 4) is 5.75 Å². The molecule has 1 fully saturated rings. The third-order valence-electron chi connectivity index (χ3n) is 4.82. The monoisotopic (exact) mass is 321 g/mol. The first-order valence-corrected chi connectivity index (χ1v) is 8.90. The molecule has 0 N–H and O–H groups in total. The van der Waals surface area contributed by atoms with Crippen LogP contribution in [0.5, 0.6) is 5.75 Å². The molecule has 0 amide bonds. The van der Waals surface area contributed by atoms with Crippen molar-refractivity contribution in [2.45, 2.75) is 45.4 Å². The molecule has 3 rings (SSSR count). The summed E-state index contributed by atoms with van der Waals surface area (Å²) in [6.45, 7) is 2.00. The van der Waals surface area contributed by atoms with Crippen LogP contribution in [0.1, 0.15) is 53.6 Å². The molecule has 0 aromatic heterocycles. The number of aryl methyl sites for hydroxylation is 2. The number of esters is 1. The normalized spacial score (nSPS) is 15.2. The lowest BCUT2D eigenvalue weighted by molar-refractivity contribution is 0.0734. The van der Waals surface area contributed by atoms with Gasteiger partial charge in [0.05, 0.1) is 5.56 Å². The smallest absolute Gasteiger partial charge is 0.343 e. The molecular formula is C22H25O2. The molecule has 24 heavy (non-hydrogen) atoms. The zero-order valence-electron chi connectivity index (χ0n) is 14.3. The lowest BCUT2D eigenvalue weighted by atomic mass is 9.85. The zero-order valence-corrected chi connectivity index (χ0v) is 14.3. The number of carbonyl (C=O) groups is 1. The molecule has 2 aromatic rings. The van der Waals surface area contributed by atoms with E-state index in [1.54, 1.807) is 12.1 Å². The average molecular weight is 321 g/mol. The van der Waals surface area contributed by atoms with Crippen LogP contribution in [0.25, 0.3) is 0 Å². The number of benzene rings is 2. The van der Waals surface area contributed by atoms with Crippen LogP contribution in [0.4, 0.5) is 0 Å². The SMILES string of the molecule is Cc1ccc(C(=O)Oc2ccc(CCC3CC[CH]CC3)cc2)cc1. The second-order valence-corrected chi connectivity index (χ2v) is 6.75. The van der Waals surface area contributed by atoms with Crippen molar-refractivity contribution in [1.29, 1.82) is 0 Å². The van der Waals surface area contributed by atoms with Crippen LogP contribution in [0.2, 0.25) is 0 Å². The van der Waals surface area contributed by atoms with E-state index in [4.69, 9.17) is 4.74 Å². The Labute approximate surface area is 144 Å². The zero-order chi connectivity index (χ0) is 16.8. The highest BCUT2D eigenvalue weighted by molar-refractivity contribution is 5.91. The van der Waals surface area contributed by atoms with E-state index in [1.807, 2.05) is 31.2 Å². The molecular weight excluding hydrogens is 296 g/mol. The summed E-state index contributed by atoms with van der Waals surface area (Å²) in [5.74, 6) is 1.17. The van der Waals surface area contributed by atoms with Gasteiger partial charge in [-0.2, -0.15) is 0 Å². The van der Waals surface area contributed by atoms with Gasteiger partial charge >= 0.3 is 5.97 Å². The minimum atomic E-state index is -0.304. The average Bonchev–Trinajstić information content (AvgIpc) is 2.62. The molecule has 0 atom stereocenters. The summed E-state index contributed by atoms with van der Waals surface area (Å²) < 4.78 is 5.45. The summed E-state index contributed by atoms with van der Waals surface area (Å²) in [4.78, 5) is 12.1. The minimum Gasteiger partial charge on any atom is -0.423 e. The maximum Gasteiger partial charge on any atom is 0.343 e. The van der Waals surface area contributed by atoms with Crippen molar-refractivity contribution in [3.05, 3.63) is 71.6 Å². The van der Waals surface area contributed by atoms with Crippen LogP contribution in [0.3, 0.4) is 0 Å². The van der Waals surface area contributed by atoms with E-state index in [0.717, 1.165) is 17.9 Å². The summed E-state index contributed by atoms with van der Waals surface area (Å²) in [7, 11) is 0. The van der Waals surface area contributed by atoms with Crippen LogP contribution >= 0.6 is 0 Å². The lowest BCUT2D eigenvalue weighted by Gasteiger charge is -2.21. The van der Waals surface area contributed by atoms with E-state index in [-0.39, 0.29) is 5.97 Å². The van der Waals surface area contributed by atoms with Gasteiger partial charge in [0, 0.05) is 0 Å². The quantitative estimate of drug-likeness (QED) is 0.534. The summed E-state index contributed by atoms with van der Waals surface area (Å²) in [6.07, 6.45) is 10.0. The first kappa shape index (κ1) is 16.8. The molecule has 0 saturated heterocycles. The Bertz CT molecular complexity index is 649. The Hall–Kier alpha value is -2.09. The molecule has 125 valence electrons. The number of rotatable bonds is 5. The highest BCUT2D eigenvalue weighted by Crippen LogP contribution is 2.27. The Morgan fingerprint density at radius 3 is 2.33 bits per heavy atom. The Kier molecular flexibility index (Phi) is 5.68. The summed E-state index contributed by atoms with van der Waals surface area (Å²) in [5.41, 5.74) is 3.03. The van der Waals surface area contributed by atoms with Crippen LogP contribution in [-0.4, -0.2) is 5.97 Å². The number of hydrogen-bond donors (Lipinski definition) is 0. The molecule has 2 aromatic carbocycles. The third-order valence-corrected chi connectivity index (χ3v) is 4.82. The van der Waals surface area contributed by atoms with Gasteiger partial charge in [-0.25, -0.2) is 4.79 Å². The maximum absolute atomic E-state index is 12.1. The van der Waals surface area contributed by atoms with Gasteiger partial charge in [-0.3, -0.25) is 0 Å². The van der Waals surface area contributed by atoms with Crippen molar-refractivity contribution in [2.24, 2.45) is 5.92 Å². The van der Waals surface area contributed by atoms with Gasteiger partial charge < -0.3 is 4.74 Å². The van der Waals surface area contributed by atoms with E-state index in [0.29, 0.717) is 11.3 Å². The Morgan fingerprint density at radius 2 is 1.67 bits per heavy atom. The summed E-state index contributed by atoms with van der Waals surface area (Å²) >= 11 is 0. The molecule has 0 spiro atoms. The number of hydrogen-bond acceptors (Lipinski definition) is 2. The van der Waals surface area contributed by atoms with Gasteiger partial charge in [0.2, 0.25) is 0 Å². The van der Waals surface area contributed by atoms with E-state index in [1.165, 1.54) is 37.7 Å². The molecule has 0 heterocycles. The third kappa shape index (κ3) is 4.70. The Balaban J connectivity index is 1.52. The van der Waals surface area contributed by atoms with Gasteiger partial charge in [-0.05, 0) is 74.8 Å². The van der Waals surface area contributed by atoms with E-state index >= 15 is 0 Å². The van der Waals surface area contributed by atoms with E-state index in [2.05, 4.69) is 18.6 Å². The molecule has 1 aliphatic carbocycles. The molecule has 2 nitrogen and oxygen atoms in total. The van der Waals surface area contributed by atoms with Gasteiger partial charge in [0.1, 0.15) is 5.75 Å². The Morgan fingerprint density at radius 1 is 1.00 bits per heavy atom. The molecule has 0 bridgehead atoms. The predicted octanol–water partition coefficient (Wildman–Crippen LogP) is 5.54. The highest BCUT2D eigenvalue weighted by Gasteiger charge is 2.13. The standard InChI is InChI=1S/C22H25O2/c1-17-7-13-20(14-8-17)22(23)24-21-15-11-19(12-16-21)10-9-18-5-3-2-4-6-18/h2,7-8,11-16,18H,3-6,9-10H2,1H3. The maximum atomic E-state index is 12.1. The first-order chi connectivity index (χ1) is 11.7. The van der Waals surface area contributed by atoms with Crippen LogP contribution in [0.15, 0.2) is 48.5 Å². The van der Waals surface area contributed by atoms with Crippen molar-refractivity contribution in [2.75, 3.05) is 0 Å². The van der Waals surface area contributed by atoms with E-state index < -0.39 is 0 Å². The molecule has 0 aliphatic heterocycles. The van der Waals surface area contributed by atoms with Crippen LogP contribution < -0.4 is 4.74 Å². The fraction of sp³-hybridized carbons (Fsp3) is 0.364. The highest BCUT2D eigenvalue weighted by atomic mass is 16.5. The van der Waals surface area contributed by atoms with Crippen LogP contribution in [-0.2, 0) is 6.42 Å². The molecule has 1 saturated carbocycles. The van der Waals surface area contributed by atoms with Crippen molar-refractivity contribution in [1.82, 2.24) is 0 Å². The first-order valence-electron chi connectivity index (χ1n) is 8.90. The summed E-state index contributed by atoms with van der Waals surface area (Å²) in [5, 5.41) is 0. The number of carbonyl (C=O) groups excluding carboxylic acids is 1. The predicted molar refractivity (Wildman–Crippen MR) is 97.2 cm³/mol. The molecule has 1 aliphatic rings. The van der Waals surface area contributed by atoms with Gasteiger partial charge in [0.15, 0.2) is 0 Å². The largest absolute Gasteiger partial charge is 0.423 e. The van der Waals surface area contributed by atoms with Gasteiger partial charge in [0.25, 0.3) is 0 Å². The van der Waals surface area contributed by atoms with Crippen molar-refractivity contribution >= 4 is 5.97 Å². The van der Waals surface area contributed by atoms with Crippen molar-refractivity contribution < 1.29 is 9.53 Å². The van der Waals surface area contributed by atoms with Gasteiger partial charge in [-0.1, -0.05) is 42.7 Å². The molecule has 0 unspecified atom stereocenters. The van der Waals surface area contributed by atoms with E-state index in [9.17, 15) is 4.79 Å². The minimum absolute atomic E-state index is 0.304. The van der Waals surface area contributed by atoms with Gasteiger partial charge in [-0.15, -0.1) is 0 Å². The summed E-state index contributed by atoms with van der Waals surface area (Å²) in [6, 6.07) is 15.4. The lowest BCUT2D eigenvalue weighted by Crippen LogP contribution is -2.09. The second-order valence-electron chi connectivity index (χ2n) is 6.75. The fourth-order valence-electron chi connectivity index (χ4n) is 3.24. The van der Waals surface area contributed by atoms with Crippen molar-refractivity contribution in [3.63, 3.8) is 0 Å². The number of ether oxygens (including phenoxy) is 1. The topological polar surface area (TPSA) is 26.3 Å². The fourth-order valence-corrected chi connectivity index (χ4v) is 3.24. The molecule has 1 radical (unpaired) electrons. The second kappa shape index (κ2) is 8.14. The molecule has 2 heteroatoms. The van der Waals surface area contributed by atoms with Crippen LogP contribution in [0, 0.1) is 19.3 Å².